The van der Waals surface area contributed by atoms with Crippen LogP contribution in [0.25, 0.3) is 0 Å². The first-order valence-electron chi connectivity index (χ1n) is 22.7. The van der Waals surface area contributed by atoms with Gasteiger partial charge in [0.15, 0.2) is 6.10 Å². The van der Waals surface area contributed by atoms with Crippen LogP contribution in [-0.2, 0) is 28.2 Å². The van der Waals surface area contributed by atoms with E-state index >= 15 is 0 Å². The molecule has 10 heteroatoms. The van der Waals surface area contributed by atoms with E-state index in [4.69, 9.17) is 19.3 Å². The summed E-state index contributed by atoms with van der Waals surface area (Å²) in [4.78, 5) is 43.0. The number of phosphoric ester groups is 1. The molecule has 57 heavy (non-hydrogen) atoms. The molecule has 330 valence electrons. The van der Waals surface area contributed by atoms with Gasteiger partial charge in [0, 0.05) is 12.8 Å². The summed E-state index contributed by atoms with van der Waals surface area (Å²) in [6.45, 7) is 3.50. The van der Waals surface area contributed by atoms with Gasteiger partial charge in [0.05, 0.1) is 12.7 Å². The molecule has 0 aromatic heterocycles. The summed E-state index contributed by atoms with van der Waals surface area (Å²) in [5, 5.41) is 10.2. The molecule has 0 saturated heterocycles. The molecule has 0 heterocycles. The second-order valence-corrected chi connectivity index (χ2v) is 16.5. The minimum atomic E-state index is -4.80. The molecule has 9 nitrogen and oxygen atoms in total. The van der Waals surface area contributed by atoms with E-state index in [1.165, 1.54) is 116 Å². The second kappa shape index (κ2) is 41.9. The van der Waals surface area contributed by atoms with Crippen molar-refractivity contribution in [1.82, 2.24) is 0 Å². The van der Waals surface area contributed by atoms with Crippen LogP contribution in [0.1, 0.15) is 200 Å². The molecule has 0 aromatic rings. The van der Waals surface area contributed by atoms with Gasteiger partial charge in [-0.15, -0.1) is 0 Å². The van der Waals surface area contributed by atoms with E-state index in [0.29, 0.717) is 19.3 Å². The van der Waals surface area contributed by atoms with Gasteiger partial charge in [0.2, 0.25) is 0 Å². The van der Waals surface area contributed by atoms with Crippen molar-refractivity contribution in [3.05, 3.63) is 60.8 Å². The van der Waals surface area contributed by atoms with Gasteiger partial charge in [-0.05, 0) is 70.6 Å². The molecule has 0 bridgehead atoms. The fourth-order valence-electron chi connectivity index (χ4n) is 6.18. The minimum Gasteiger partial charge on any atom is -0.462 e. The summed E-state index contributed by atoms with van der Waals surface area (Å²) >= 11 is 0. The molecular weight excluding hydrogens is 739 g/mol. The number of unbranched alkanes of at least 4 members (excludes halogenated alkanes) is 20. The lowest BCUT2D eigenvalue weighted by Crippen LogP contribution is -2.29. The molecular formula is C47H83O9P. The van der Waals surface area contributed by atoms with Crippen LogP contribution in [0.5, 0.6) is 0 Å². The van der Waals surface area contributed by atoms with E-state index in [1.54, 1.807) is 12.2 Å². The van der Waals surface area contributed by atoms with Gasteiger partial charge in [-0.2, -0.15) is 0 Å². The smallest absolute Gasteiger partial charge is 0.462 e. The number of aliphatic hydroxyl groups is 1. The maximum Gasteiger partial charge on any atom is 0.469 e. The quantitative estimate of drug-likeness (QED) is 0.0181. The number of allylic oxidation sites excluding steroid dienone is 9. The van der Waals surface area contributed by atoms with Crippen molar-refractivity contribution in [1.29, 1.82) is 0 Å². The predicted molar refractivity (Wildman–Crippen MR) is 236 cm³/mol. The Bertz CT molecular complexity index is 1120. The summed E-state index contributed by atoms with van der Waals surface area (Å²) < 4.78 is 26.3. The van der Waals surface area contributed by atoms with Gasteiger partial charge in [-0.25, -0.2) is 4.57 Å². The van der Waals surface area contributed by atoms with E-state index in [0.717, 1.165) is 38.5 Å². The van der Waals surface area contributed by atoms with Crippen molar-refractivity contribution in [3.63, 3.8) is 0 Å². The Hall–Kier alpha value is -2.29. The predicted octanol–water partition coefficient (Wildman–Crippen LogP) is 13.0. The molecule has 0 aliphatic carbocycles. The molecule has 0 unspecified atom stereocenters. The van der Waals surface area contributed by atoms with E-state index in [9.17, 15) is 19.3 Å². The number of carbonyl (C=O) groups excluding carboxylic acids is 2. The first kappa shape index (κ1) is 54.7. The van der Waals surface area contributed by atoms with Crippen LogP contribution >= 0.6 is 7.82 Å². The summed E-state index contributed by atoms with van der Waals surface area (Å²) in [6, 6.07) is 0. The maximum atomic E-state index is 12.4. The van der Waals surface area contributed by atoms with Crippen molar-refractivity contribution >= 4 is 19.8 Å². The van der Waals surface area contributed by atoms with Crippen LogP contribution in [0.2, 0.25) is 0 Å². The largest absolute Gasteiger partial charge is 0.469 e. The average Bonchev–Trinajstić information content (AvgIpc) is 3.18. The minimum absolute atomic E-state index is 0.0376. The van der Waals surface area contributed by atoms with Gasteiger partial charge in [-0.3, -0.25) is 14.1 Å². The fourth-order valence-corrected chi connectivity index (χ4v) is 6.54. The van der Waals surface area contributed by atoms with Gasteiger partial charge >= 0.3 is 19.8 Å². The number of phosphoric acid groups is 1. The van der Waals surface area contributed by atoms with Gasteiger partial charge in [0.25, 0.3) is 0 Å². The van der Waals surface area contributed by atoms with E-state index in [1.807, 2.05) is 12.2 Å². The van der Waals surface area contributed by atoms with Crippen molar-refractivity contribution in [2.45, 2.75) is 212 Å². The van der Waals surface area contributed by atoms with Crippen LogP contribution in [0.15, 0.2) is 60.8 Å². The third-order valence-electron chi connectivity index (χ3n) is 9.61. The monoisotopic (exact) mass is 823 g/mol. The highest BCUT2D eigenvalue weighted by Gasteiger charge is 2.23. The van der Waals surface area contributed by atoms with Crippen molar-refractivity contribution in [2.75, 3.05) is 13.2 Å². The number of aliphatic hydroxyl groups excluding tert-OH is 1. The number of rotatable bonds is 41. The molecule has 0 radical (unpaired) electrons. The fraction of sp³-hybridized carbons (Fsp3) is 0.745. The Kier molecular flexibility index (Phi) is 40.2. The number of hydrogen-bond acceptors (Lipinski definition) is 7. The zero-order valence-electron chi connectivity index (χ0n) is 36.1. The summed E-state index contributed by atoms with van der Waals surface area (Å²) in [6.07, 6.45) is 49.7. The van der Waals surface area contributed by atoms with E-state index in [-0.39, 0.29) is 19.4 Å². The van der Waals surface area contributed by atoms with Crippen LogP contribution in [0, 0.1) is 0 Å². The molecule has 3 N–H and O–H groups in total. The van der Waals surface area contributed by atoms with Crippen LogP contribution in [-0.4, -0.2) is 52.3 Å². The molecule has 0 aliphatic rings. The molecule has 0 fully saturated rings. The number of ether oxygens (including phenoxy) is 2. The Morgan fingerprint density at radius 1 is 0.544 bits per heavy atom. The molecule has 0 aliphatic heterocycles. The van der Waals surface area contributed by atoms with Crippen molar-refractivity contribution < 1.29 is 43.0 Å². The van der Waals surface area contributed by atoms with Crippen molar-refractivity contribution in [2.24, 2.45) is 0 Å². The van der Waals surface area contributed by atoms with Gasteiger partial charge < -0.3 is 24.4 Å². The summed E-state index contributed by atoms with van der Waals surface area (Å²) in [5.41, 5.74) is 0. The molecule has 0 spiro atoms. The number of carbonyl (C=O) groups is 2. The lowest BCUT2D eigenvalue weighted by molar-refractivity contribution is -0.161. The highest BCUT2D eigenvalue weighted by Crippen LogP contribution is 2.36. The topological polar surface area (TPSA) is 140 Å². The SMILES string of the molecule is CCCCC/C=C\C/C=C\C/C=C\C=C\[C@@H](O)CCCC(=O)OC[C@H](COP(=O)(O)O)OC(=O)CCCCCCCCCCCCC/C=C\CCCCCCCC. The zero-order chi connectivity index (χ0) is 41.9. The lowest BCUT2D eigenvalue weighted by atomic mass is 10.0. The van der Waals surface area contributed by atoms with E-state index in [2.05, 4.69) is 54.8 Å². The Morgan fingerprint density at radius 2 is 1.00 bits per heavy atom. The molecule has 0 aromatic carbocycles. The third-order valence-corrected chi connectivity index (χ3v) is 10.1. The zero-order valence-corrected chi connectivity index (χ0v) is 37.0. The lowest BCUT2D eigenvalue weighted by Gasteiger charge is -2.18. The van der Waals surface area contributed by atoms with Gasteiger partial charge in [-0.1, -0.05) is 177 Å². The van der Waals surface area contributed by atoms with Crippen LogP contribution < -0.4 is 0 Å². The maximum absolute atomic E-state index is 12.4. The molecule has 0 saturated carbocycles. The number of hydrogen-bond donors (Lipinski definition) is 3. The van der Waals surface area contributed by atoms with Gasteiger partial charge in [0.1, 0.15) is 6.61 Å². The standard InChI is InChI=1S/C47H83O9P/c1-3-5-7-9-11-13-15-17-18-19-20-21-22-23-24-26-28-30-32-34-36-40-47(50)56-45(43-55-57(51,52)53)42-54-46(49)41-37-39-44(48)38-35-33-31-29-27-25-16-14-12-10-8-6-4-2/h12,14,17-18,25,27,31,33,35,38,44-45,48H,3-11,13,15-16,19-24,26,28-30,32,34,36-37,39-43H2,1-2H3,(H2,51,52,53)/b14-12-,18-17-,27-25-,33-31-,38-35+/t44-,45-/m1/s1. The highest BCUT2D eigenvalue weighted by molar-refractivity contribution is 7.46. The van der Waals surface area contributed by atoms with Crippen LogP contribution in [0.4, 0.5) is 0 Å². The number of esters is 2. The first-order valence-corrected chi connectivity index (χ1v) is 24.2. The normalized spacial score (nSPS) is 13.6. The Balaban J connectivity index is 4.04. The summed E-state index contributed by atoms with van der Waals surface area (Å²) in [7, 11) is -4.80. The third kappa shape index (κ3) is 44.7. The average molecular weight is 823 g/mol. The highest BCUT2D eigenvalue weighted by atomic mass is 31.2. The molecule has 2 atom stereocenters. The second-order valence-electron chi connectivity index (χ2n) is 15.2. The first-order chi connectivity index (χ1) is 27.7. The Labute approximate surface area is 348 Å². The Morgan fingerprint density at radius 3 is 1.58 bits per heavy atom. The molecule has 0 amide bonds. The van der Waals surface area contributed by atoms with E-state index < -0.39 is 38.6 Å². The van der Waals surface area contributed by atoms with Crippen molar-refractivity contribution in [3.8, 4) is 0 Å². The summed E-state index contributed by atoms with van der Waals surface area (Å²) in [5.74, 6) is -1.09. The molecule has 0 rings (SSSR count). The van der Waals surface area contributed by atoms with Crippen LogP contribution in [0.3, 0.4) is 0 Å².